The summed E-state index contributed by atoms with van der Waals surface area (Å²) in [5, 5.41) is 10.6. The number of carbonyl (C=O) groups is 1. The van der Waals surface area contributed by atoms with Crippen molar-refractivity contribution in [3.63, 3.8) is 0 Å². The first-order chi connectivity index (χ1) is 4.31. The Morgan fingerprint density at radius 3 is 2.89 bits per heavy atom. The molecule has 0 atom stereocenters. The van der Waals surface area contributed by atoms with E-state index >= 15 is 0 Å². The van der Waals surface area contributed by atoms with Crippen molar-refractivity contribution < 1.29 is 14.6 Å². The molecule has 0 bridgehead atoms. The van der Waals surface area contributed by atoms with E-state index in [4.69, 9.17) is 5.11 Å². The van der Waals surface area contributed by atoms with Crippen LogP contribution in [0.4, 0.5) is 4.79 Å². The smallest absolute Gasteiger partial charge is 0.407 e. The molecule has 0 aromatic heterocycles. The number of rotatable bonds is 3. The Labute approximate surface area is 53.8 Å². The third-order valence-corrected chi connectivity index (χ3v) is 0.646. The molecule has 9 heavy (non-hydrogen) atoms. The Morgan fingerprint density at radius 1 is 1.78 bits per heavy atom. The SMILES string of the molecule is CCNC(=O)OCCO. The Balaban J connectivity index is 3.06. The van der Waals surface area contributed by atoms with Gasteiger partial charge in [0.1, 0.15) is 6.61 Å². The molecule has 54 valence electrons. The minimum atomic E-state index is -0.480. The van der Waals surface area contributed by atoms with Crippen LogP contribution in [0.2, 0.25) is 0 Å². The zero-order chi connectivity index (χ0) is 7.11. The lowest BCUT2D eigenvalue weighted by molar-refractivity contribution is 0.119. The van der Waals surface area contributed by atoms with Gasteiger partial charge >= 0.3 is 6.09 Å². The van der Waals surface area contributed by atoms with Gasteiger partial charge in [0.05, 0.1) is 6.61 Å². The standard InChI is InChI=1S/C5H11NO3/c1-2-6-5(8)9-4-3-7/h7H,2-4H2,1H3,(H,6,8). The van der Waals surface area contributed by atoms with Crippen molar-refractivity contribution in [3.8, 4) is 0 Å². The number of amides is 1. The first-order valence-corrected chi connectivity index (χ1v) is 2.82. The van der Waals surface area contributed by atoms with Crippen LogP contribution in [-0.2, 0) is 4.74 Å². The molecular weight excluding hydrogens is 122 g/mol. The van der Waals surface area contributed by atoms with Crippen LogP contribution in [0.1, 0.15) is 6.92 Å². The second-order valence-electron chi connectivity index (χ2n) is 1.39. The largest absolute Gasteiger partial charge is 0.447 e. The number of aliphatic hydroxyl groups is 1. The lowest BCUT2D eigenvalue weighted by Gasteiger charge is -2.01. The number of carbonyl (C=O) groups excluding carboxylic acids is 1. The minimum Gasteiger partial charge on any atom is -0.447 e. The number of hydrogen-bond donors (Lipinski definition) is 2. The fourth-order valence-corrected chi connectivity index (χ4v) is 0.334. The first-order valence-electron chi connectivity index (χ1n) is 2.82. The summed E-state index contributed by atoms with van der Waals surface area (Å²) >= 11 is 0. The molecule has 4 nitrogen and oxygen atoms in total. The monoisotopic (exact) mass is 133 g/mol. The fraction of sp³-hybridized carbons (Fsp3) is 0.800. The third-order valence-electron chi connectivity index (χ3n) is 0.646. The number of aliphatic hydroxyl groups excluding tert-OH is 1. The van der Waals surface area contributed by atoms with Crippen LogP contribution < -0.4 is 5.32 Å². The maximum absolute atomic E-state index is 10.4. The van der Waals surface area contributed by atoms with Gasteiger partial charge in [0.2, 0.25) is 0 Å². The summed E-state index contributed by atoms with van der Waals surface area (Å²) in [6.07, 6.45) is -0.480. The van der Waals surface area contributed by atoms with Gasteiger partial charge in [-0.3, -0.25) is 0 Å². The predicted molar refractivity (Wildman–Crippen MR) is 32.1 cm³/mol. The molecule has 4 heteroatoms. The van der Waals surface area contributed by atoms with Crippen molar-refractivity contribution in [1.29, 1.82) is 0 Å². The van der Waals surface area contributed by atoms with Gasteiger partial charge in [0.25, 0.3) is 0 Å². The molecule has 0 unspecified atom stereocenters. The molecule has 0 aromatic carbocycles. The van der Waals surface area contributed by atoms with Crippen LogP contribution in [-0.4, -0.2) is 31.0 Å². The Hall–Kier alpha value is -0.770. The van der Waals surface area contributed by atoms with E-state index in [2.05, 4.69) is 10.1 Å². The molecule has 0 heterocycles. The Bertz CT molecular complexity index is 84.3. The normalized spacial score (nSPS) is 8.67. The highest BCUT2D eigenvalue weighted by Gasteiger charge is 1.95. The lowest BCUT2D eigenvalue weighted by atomic mass is 10.7. The van der Waals surface area contributed by atoms with Gasteiger partial charge in [-0.1, -0.05) is 0 Å². The van der Waals surface area contributed by atoms with Gasteiger partial charge in [-0.15, -0.1) is 0 Å². The minimum absolute atomic E-state index is 0.0613. The zero-order valence-electron chi connectivity index (χ0n) is 5.39. The molecule has 0 saturated heterocycles. The topological polar surface area (TPSA) is 58.6 Å². The summed E-state index contributed by atoms with van der Waals surface area (Å²) < 4.78 is 4.43. The molecular formula is C5H11NO3. The van der Waals surface area contributed by atoms with Gasteiger partial charge < -0.3 is 15.2 Å². The molecule has 0 aliphatic rings. The molecule has 0 aliphatic heterocycles. The summed E-state index contributed by atoms with van der Waals surface area (Å²) in [5.74, 6) is 0. The highest BCUT2D eigenvalue weighted by atomic mass is 16.6. The van der Waals surface area contributed by atoms with Crippen molar-refractivity contribution in [3.05, 3.63) is 0 Å². The molecule has 0 aromatic rings. The van der Waals surface area contributed by atoms with E-state index in [1.807, 2.05) is 0 Å². The fourth-order valence-electron chi connectivity index (χ4n) is 0.334. The molecule has 0 rings (SSSR count). The molecule has 0 aliphatic carbocycles. The molecule has 0 saturated carbocycles. The van der Waals surface area contributed by atoms with Gasteiger partial charge in [0.15, 0.2) is 0 Å². The van der Waals surface area contributed by atoms with Crippen LogP contribution in [0.25, 0.3) is 0 Å². The highest BCUT2D eigenvalue weighted by Crippen LogP contribution is 1.73. The zero-order valence-corrected chi connectivity index (χ0v) is 5.39. The van der Waals surface area contributed by atoms with E-state index in [1.54, 1.807) is 6.92 Å². The van der Waals surface area contributed by atoms with Crippen LogP contribution >= 0.6 is 0 Å². The van der Waals surface area contributed by atoms with Gasteiger partial charge in [-0.05, 0) is 6.92 Å². The van der Waals surface area contributed by atoms with E-state index in [0.29, 0.717) is 6.54 Å². The van der Waals surface area contributed by atoms with E-state index in [1.165, 1.54) is 0 Å². The van der Waals surface area contributed by atoms with Crippen LogP contribution in [0.15, 0.2) is 0 Å². The number of nitrogens with one attached hydrogen (secondary N) is 1. The number of ether oxygens (including phenoxy) is 1. The van der Waals surface area contributed by atoms with Crippen LogP contribution in [0.3, 0.4) is 0 Å². The lowest BCUT2D eigenvalue weighted by Crippen LogP contribution is -2.24. The van der Waals surface area contributed by atoms with E-state index in [-0.39, 0.29) is 13.2 Å². The summed E-state index contributed by atoms with van der Waals surface area (Å²) in [4.78, 5) is 10.4. The predicted octanol–water partition coefficient (Wildman–Crippen LogP) is -0.275. The third kappa shape index (κ3) is 5.10. The van der Waals surface area contributed by atoms with Crippen molar-refractivity contribution in [2.45, 2.75) is 6.92 Å². The second kappa shape index (κ2) is 5.37. The molecule has 1 amide bonds. The summed E-state index contributed by atoms with van der Waals surface area (Å²) in [6.45, 7) is 2.27. The maximum Gasteiger partial charge on any atom is 0.407 e. The summed E-state index contributed by atoms with van der Waals surface area (Å²) in [5.41, 5.74) is 0. The van der Waals surface area contributed by atoms with Gasteiger partial charge in [-0.25, -0.2) is 4.79 Å². The molecule has 0 fully saturated rings. The molecule has 2 N–H and O–H groups in total. The van der Waals surface area contributed by atoms with Gasteiger partial charge in [-0.2, -0.15) is 0 Å². The average molecular weight is 133 g/mol. The van der Waals surface area contributed by atoms with Crippen molar-refractivity contribution in [1.82, 2.24) is 5.32 Å². The van der Waals surface area contributed by atoms with Crippen molar-refractivity contribution in [2.75, 3.05) is 19.8 Å². The molecule has 0 spiro atoms. The van der Waals surface area contributed by atoms with Crippen molar-refractivity contribution in [2.24, 2.45) is 0 Å². The van der Waals surface area contributed by atoms with Crippen LogP contribution in [0, 0.1) is 0 Å². The van der Waals surface area contributed by atoms with E-state index < -0.39 is 6.09 Å². The van der Waals surface area contributed by atoms with Gasteiger partial charge in [0, 0.05) is 6.54 Å². The second-order valence-corrected chi connectivity index (χ2v) is 1.39. The first kappa shape index (κ1) is 8.23. The maximum atomic E-state index is 10.4. The summed E-state index contributed by atoms with van der Waals surface area (Å²) in [6, 6.07) is 0. The van der Waals surface area contributed by atoms with E-state index in [9.17, 15) is 4.79 Å². The highest BCUT2D eigenvalue weighted by molar-refractivity contribution is 5.66. The quantitative estimate of drug-likeness (QED) is 0.557. The van der Waals surface area contributed by atoms with E-state index in [0.717, 1.165) is 0 Å². The Morgan fingerprint density at radius 2 is 2.44 bits per heavy atom. The number of alkyl carbamates (subject to hydrolysis) is 1. The van der Waals surface area contributed by atoms with Crippen molar-refractivity contribution >= 4 is 6.09 Å². The van der Waals surface area contributed by atoms with Crippen LogP contribution in [0.5, 0.6) is 0 Å². The average Bonchev–Trinajstić information content (AvgIpc) is 1.85. The summed E-state index contributed by atoms with van der Waals surface area (Å²) in [7, 11) is 0. The Kier molecular flexibility index (Phi) is 4.91. The molecule has 0 radical (unpaired) electrons. The number of hydrogen-bond acceptors (Lipinski definition) is 3.